The molecule has 9 heteroatoms. The van der Waals surface area contributed by atoms with Gasteiger partial charge in [-0.05, 0) is 37.0 Å². The lowest BCUT2D eigenvalue weighted by Gasteiger charge is -2.17. The maximum absolute atomic E-state index is 12.3. The van der Waals surface area contributed by atoms with Gasteiger partial charge in [0.25, 0.3) is 5.91 Å². The summed E-state index contributed by atoms with van der Waals surface area (Å²) in [6, 6.07) is 6.54. The Hall–Kier alpha value is -2.12. The highest BCUT2D eigenvalue weighted by Gasteiger charge is 2.26. The van der Waals surface area contributed by atoms with Crippen molar-refractivity contribution in [2.45, 2.75) is 46.6 Å². The van der Waals surface area contributed by atoms with Crippen LogP contribution in [0, 0.1) is 12.8 Å². The third-order valence-electron chi connectivity index (χ3n) is 4.93. The predicted molar refractivity (Wildman–Crippen MR) is 111 cm³/mol. The third kappa shape index (κ3) is 5.93. The van der Waals surface area contributed by atoms with Gasteiger partial charge in [0.2, 0.25) is 0 Å². The normalized spacial score (nSPS) is 12.9. The maximum atomic E-state index is 12.3. The molecule has 0 aliphatic rings. The van der Waals surface area contributed by atoms with Crippen molar-refractivity contribution >= 4 is 13.7 Å². The second-order valence-corrected chi connectivity index (χ2v) is 8.51. The minimum Gasteiger partial charge on any atom is -0.508 e. The number of phosphoric acid groups is 1. The summed E-state index contributed by atoms with van der Waals surface area (Å²) in [6.45, 7) is 5.94. The van der Waals surface area contributed by atoms with Crippen LogP contribution in [-0.4, -0.2) is 32.0 Å². The van der Waals surface area contributed by atoms with Gasteiger partial charge in [-0.3, -0.25) is 9.32 Å². The van der Waals surface area contributed by atoms with Crippen LogP contribution in [-0.2, 0) is 22.1 Å². The summed E-state index contributed by atoms with van der Waals surface area (Å²) >= 11 is 0. The van der Waals surface area contributed by atoms with Gasteiger partial charge < -0.3 is 25.2 Å². The van der Waals surface area contributed by atoms with Gasteiger partial charge in [-0.1, -0.05) is 38.8 Å². The molecule has 29 heavy (non-hydrogen) atoms. The first-order valence-electron chi connectivity index (χ1n) is 9.56. The summed E-state index contributed by atoms with van der Waals surface area (Å²) in [7, 11) is -4.59. The molecule has 2 rings (SSSR count). The lowest BCUT2D eigenvalue weighted by atomic mass is 9.93. The number of hydrogen-bond acceptors (Lipinski definition) is 4. The number of nitrogens with two attached hydrogens (primary N) is 1. The van der Waals surface area contributed by atoms with Crippen LogP contribution in [0.1, 0.15) is 48.4 Å². The Labute approximate surface area is 170 Å². The van der Waals surface area contributed by atoms with Crippen molar-refractivity contribution in [3.8, 4) is 16.9 Å². The summed E-state index contributed by atoms with van der Waals surface area (Å²) in [5, 5.41) is 9.63. The molecular weight excluding hydrogens is 395 g/mol. The van der Waals surface area contributed by atoms with Crippen LogP contribution in [0.2, 0.25) is 0 Å². The molecule has 0 aliphatic carbocycles. The van der Waals surface area contributed by atoms with E-state index in [2.05, 4.69) is 18.4 Å². The molecule has 1 atom stereocenters. The number of phenolic OH excluding ortho intramolecular Hbond substituents is 1. The van der Waals surface area contributed by atoms with Crippen molar-refractivity contribution in [3.05, 3.63) is 41.2 Å². The second kappa shape index (κ2) is 9.59. The molecule has 0 fully saturated rings. The van der Waals surface area contributed by atoms with E-state index in [1.165, 1.54) is 0 Å². The van der Waals surface area contributed by atoms with E-state index in [4.69, 9.17) is 15.5 Å². The minimum atomic E-state index is -4.59. The molecule has 2 aromatic rings. The quantitative estimate of drug-likeness (QED) is 0.432. The number of rotatable bonds is 10. The molecule has 0 saturated heterocycles. The fourth-order valence-corrected chi connectivity index (χ4v) is 4.05. The molecule has 1 heterocycles. The van der Waals surface area contributed by atoms with Crippen LogP contribution in [0.5, 0.6) is 5.75 Å². The van der Waals surface area contributed by atoms with E-state index in [1.54, 1.807) is 31.2 Å². The Kier molecular flexibility index (Phi) is 7.66. The average molecular weight is 424 g/mol. The first-order chi connectivity index (χ1) is 13.5. The zero-order chi connectivity index (χ0) is 21.8. The van der Waals surface area contributed by atoms with Gasteiger partial charge in [0.15, 0.2) is 0 Å². The molecule has 0 saturated carbocycles. The van der Waals surface area contributed by atoms with Gasteiger partial charge in [0.1, 0.15) is 5.75 Å². The van der Waals surface area contributed by atoms with Crippen molar-refractivity contribution < 1.29 is 28.8 Å². The molecule has 0 aliphatic heterocycles. The number of aromatic hydroxyl groups is 1. The smallest absolute Gasteiger partial charge is 0.469 e. The molecular formula is C20H29N2O6P. The van der Waals surface area contributed by atoms with Crippen LogP contribution >= 0.6 is 7.82 Å². The number of amides is 1. The second-order valence-electron chi connectivity index (χ2n) is 7.27. The highest BCUT2D eigenvalue weighted by atomic mass is 31.2. The number of phosphoric ester groups is 1. The number of carbonyl (C=O) groups is 1. The third-order valence-corrected chi connectivity index (χ3v) is 5.45. The Bertz CT molecular complexity index is 901. The molecule has 8 nitrogen and oxygen atoms in total. The van der Waals surface area contributed by atoms with Crippen LogP contribution in [0.25, 0.3) is 11.1 Å². The van der Waals surface area contributed by atoms with Crippen molar-refractivity contribution in [1.29, 1.82) is 0 Å². The van der Waals surface area contributed by atoms with Crippen molar-refractivity contribution in [3.63, 3.8) is 0 Å². The monoisotopic (exact) mass is 424 g/mol. The highest BCUT2D eigenvalue weighted by Crippen LogP contribution is 2.37. The number of nitrogens with zero attached hydrogens (tertiary/aromatic N) is 1. The van der Waals surface area contributed by atoms with E-state index >= 15 is 0 Å². The van der Waals surface area contributed by atoms with Gasteiger partial charge in [-0.15, -0.1) is 0 Å². The molecule has 0 spiro atoms. The molecule has 1 aromatic carbocycles. The molecule has 1 aromatic heterocycles. The minimum absolute atomic E-state index is 0.112. The van der Waals surface area contributed by atoms with Gasteiger partial charge in [-0.2, -0.15) is 0 Å². The SMILES string of the molecule is CCCC(C)Cc1c(-c2ccc(O)cc2)c(C(N)=O)c(C)n1CCOP(=O)(O)O. The number of primary amides is 1. The Morgan fingerprint density at radius 1 is 1.28 bits per heavy atom. The molecule has 160 valence electrons. The first kappa shape index (κ1) is 23.2. The zero-order valence-electron chi connectivity index (χ0n) is 17.0. The van der Waals surface area contributed by atoms with E-state index in [1.807, 2.05) is 4.57 Å². The summed E-state index contributed by atoms with van der Waals surface area (Å²) in [5.41, 5.74) is 8.97. The average Bonchev–Trinajstić information content (AvgIpc) is 2.87. The molecule has 1 unspecified atom stereocenters. The van der Waals surface area contributed by atoms with Crippen LogP contribution in [0.4, 0.5) is 0 Å². The summed E-state index contributed by atoms with van der Waals surface area (Å²) < 4.78 is 17.5. The fourth-order valence-electron chi connectivity index (χ4n) is 3.73. The molecule has 0 radical (unpaired) electrons. The number of aromatic nitrogens is 1. The Morgan fingerprint density at radius 2 is 1.90 bits per heavy atom. The Morgan fingerprint density at radius 3 is 2.41 bits per heavy atom. The predicted octanol–water partition coefficient (Wildman–Crippen LogP) is 3.36. The largest absolute Gasteiger partial charge is 0.508 e. The van der Waals surface area contributed by atoms with Gasteiger partial charge in [0.05, 0.1) is 12.2 Å². The van der Waals surface area contributed by atoms with E-state index in [0.717, 1.165) is 24.1 Å². The molecule has 0 bridgehead atoms. The topological polar surface area (TPSA) is 135 Å². The maximum Gasteiger partial charge on any atom is 0.469 e. The van der Waals surface area contributed by atoms with Crippen LogP contribution in [0.3, 0.4) is 0 Å². The van der Waals surface area contributed by atoms with E-state index < -0.39 is 13.7 Å². The Balaban J connectivity index is 2.61. The van der Waals surface area contributed by atoms with E-state index in [9.17, 15) is 14.5 Å². The van der Waals surface area contributed by atoms with Crippen molar-refractivity contribution in [2.24, 2.45) is 11.7 Å². The summed E-state index contributed by atoms with van der Waals surface area (Å²) in [6.07, 6.45) is 2.66. The summed E-state index contributed by atoms with van der Waals surface area (Å²) in [4.78, 5) is 30.3. The lowest BCUT2D eigenvalue weighted by molar-refractivity contribution is 0.0999. The number of hydrogen-bond donors (Lipinski definition) is 4. The first-order valence-corrected chi connectivity index (χ1v) is 11.1. The van der Waals surface area contributed by atoms with Gasteiger partial charge in [0, 0.05) is 23.5 Å². The van der Waals surface area contributed by atoms with Crippen LogP contribution < -0.4 is 5.73 Å². The fraction of sp³-hybridized carbons (Fsp3) is 0.450. The zero-order valence-corrected chi connectivity index (χ0v) is 17.9. The standard InChI is InChI=1S/C20H29N2O6P/c1-4-5-13(2)12-17-19(15-6-8-16(23)9-7-15)18(20(21)24)14(3)22(17)10-11-28-29(25,26)27/h6-9,13,23H,4-5,10-12H2,1-3H3,(H2,21,24)(H2,25,26,27). The van der Waals surface area contributed by atoms with Crippen molar-refractivity contribution in [2.75, 3.05) is 6.61 Å². The van der Waals surface area contributed by atoms with Gasteiger partial charge in [-0.25, -0.2) is 4.57 Å². The number of phenols is 1. The van der Waals surface area contributed by atoms with Gasteiger partial charge >= 0.3 is 7.82 Å². The highest BCUT2D eigenvalue weighted by molar-refractivity contribution is 7.46. The van der Waals surface area contributed by atoms with Crippen molar-refractivity contribution in [1.82, 2.24) is 4.57 Å². The van der Waals surface area contributed by atoms with Crippen LogP contribution in [0.15, 0.2) is 24.3 Å². The number of benzene rings is 1. The molecule has 1 amide bonds. The van der Waals surface area contributed by atoms with E-state index in [0.29, 0.717) is 29.2 Å². The van der Waals surface area contributed by atoms with E-state index in [-0.39, 0.29) is 18.9 Å². The summed E-state index contributed by atoms with van der Waals surface area (Å²) in [5.74, 6) is -0.140. The molecule has 5 N–H and O–H groups in total. The number of carbonyl (C=O) groups excluding carboxylic acids is 1. The lowest BCUT2D eigenvalue weighted by Crippen LogP contribution is -2.14.